The maximum atomic E-state index is 9.32. The molecule has 1 aliphatic heterocycles. The second-order valence-electron chi connectivity index (χ2n) is 4.07. The van der Waals surface area contributed by atoms with E-state index in [0.29, 0.717) is 0 Å². The van der Waals surface area contributed by atoms with Crippen molar-refractivity contribution >= 4 is 5.69 Å². The minimum absolute atomic E-state index is 0.0959. The highest BCUT2D eigenvalue weighted by Crippen LogP contribution is 2.37. The van der Waals surface area contributed by atoms with Gasteiger partial charge in [-0.3, -0.25) is 0 Å². The topological polar surface area (TPSA) is 32.3 Å². The Balaban J connectivity index is 2.55. The SMILES string of the molecule is Cc1cccc2c1NCC2(C)CO. The van der Waals surface area contributed by atoms with Crippen LogP contribution < -0.4 is 5.32 Å². The molecule has 1 aromatic rings. The lowest BCUT2D eigenvalue weighted by Gasteiger charge is -2.20. The Labute approximate surface area is 78.6 Å². The Morgan fingerprint density at radius 1 is 1.54 bits per heavy atom. The maximum absolute atomic E-state index is 9.32. The van der Waals surface area contributed by atoms with Crippen LogP contribution >= 0.6 is 0 Å². The van der Waals surface area contributed by atoms with E-state index in [4.69, 9.17) is 0 Å². The summed E-state index contributed by atoms with van der Waals surface area (Å²) in [6.07, 6.45) is 0. The van der Waals surface area contributed by atoms with E-state index in [-0.39, 0.29) is 12.0 Å². The molecule has 1 aliphatic rings. The molecule has 70 valence electrons. The van der Waals surface area contributed by atoms with E-state index in [1.165, 1.54) is 16.8 Å². The molecule has 0 saturated heterocycles. The molecule has 0 spiro atoms. The summed E-state index contributed by atoms with van der Waals surface area (Å²) in [5, 5.41) is 12.7. The molecule has 0 aromatic heterocycles. The van der Waals surface area contributed by atoms with E-state index in [1.807, 2.05) is 0 Å². The number of aryl methyl sites for hydroxylation is 1. The third kappa shape index (κ3) is 1.13. The number of benzene rings is 1. The van der Waals surface area contributed by atoms with Crippen LogP contribution in [0.4, 0.5) is 5.69 Å². The quantitative estimate of drug-likeness (QED) is 0.684. The number of aliphatic hydroxyl groups is 1. The minimum Gasteiger partial charge on any atom is -0.395 e. The zero-order chi connectivity index (χ0) is 9.47. The van der Waals surface area contributed by atoms with Gasteiger partial charge in [-0.25, -0.2) is 0 Å². The van der Waals surface area contributed by atoms with Gasteiger partial charge in [0.25, 0.3) is 0 Å². The first-order valence-electron chi connectivity index (χ1n) is 4.62. The normalized spacial score (nSPS) is 25.5. The van der Waals surface area contributed by atoms with Gasteiger partial charge in [-0.15, -0.1) is 0 Å². The molecule has 0 amide bonds. The minimum atomic E-state index is -0.0959. The summed E-state index contributed by atoms with van der Waals surface area (Å²) in [5.41, 5.74) is 3.62. The van der Waals surface area contributed by atoms with E-state index >= 15 is 0 Å². The number of para-hydroxylation sites is 1. The van der Waals surface area contributed by atoms with Crippen molar-refractivity contribution in [3.63, 3.8) is 0 Å². The molecule has 1 atom stereocenters. The maximum Gasteiger partial charge on any atom is 0.0543 e. The van der Waals surface area contributed by atoms with Gasteiger partial charge in [0.15, 0.2) is 0 Å². The molecule has 2 nitrogen and oxygen atoms in total. The summed E-state index contributed by atoms with van der Waals surface area (Å²) < 4.78 is 0. The second kappa shape index (κ2) is 2.74. The molecule has 0 fully saturated rings. The van der Waals surface area contributed by atoms with Crippen LogP contribution in [-0.2, 0) is 5.41 Å². The summed E-state index contributed by atoms with van der Waals surface area (Å²) in [7, 11) is 0. The van der Waals surface area contributed by atoms with Crippen LogP contribution in [0, 0.1) is 6.92 Å². The third-order valence-electron chi connectivity index (χ3n) is 2.93. The first kappa shape index (κ1) is 8.57. The van der Waals surface area contributed by atoms with Crippen LogP contribution in [0.3, 0.4) is 0 Å². The summed E-state index contributed by atoms with van der Waals surface area (Å²) in [6, 6.07) is 6.24. The van der Waals surface area contributed by atoms with E-state index in [2.05, 4.69) is 37.4 Å². The standard InChI is InChI=1S/C11H15NO/c1-8-4-3-5-9-10(8)12-6-11(9,2)7-13/h3-5,12-13H,6-7H2,1-2H3. The van der Waals surface area contributed by atoms with Gasteiger partial charge in [0.2, 0.25) is 0 Å². The van der Waals surface area contributed by atoms with Gasteiger partial charge in [-0.05, 0) is 18.1 Å². The lowest BCUT2D eigenvalue weighted by Crippen LogP contribution is -2.28. The first-order valence-corrected chi connectivity index (χ1v) is 4.62. The molecule has 2 heteroatoms. The van der Waals surface area contributed by atoms with E-state index in [9.17, 15) is 5.11 Å². The van der Waals surface area contributed by atoms with Crippen molar-refractivity contribution in [3.05, 3.63) is 29.3 Å². The Hall–Kier alpha value is -1.02. The largest absolute Gasteiger partial charge is 0.395 e. The highest BCUT2D eigenvalue weighted by Gasteiger charge is 2.33. The van der Waals surface area contributed by atoms with E-state index in [1.54, 1.807) is 0 Å². The zero-order valence-electron chi connectivity index (χ0n) is 8.09. The van der Waals surface area contributed by atoms with E-state index in [0.717, 1.165) is 6.54 Å². The Kier molecular flexibility index (Phi) is 1.81. The average molecular weight is 177 g/mol. The number of aliphatic hydroxyl groups excluding tert-OH is 1. The summed E-state index contributed by atoms with van der Waals surface area (Å²) in [4.78, 5) is 0. The summed E-state index contributed by atoms with van der Waals surface area (Å²) in [5.74, 6) is 0. The third-order valence-corrected chi connectivity index (χ3v) is 2.93. The molecule has 13 heavy (non-hydrogen) atoms. The predicted molar refractivity (Wildman–Crippen MR) is 54.1 cm³/mol. The molecule has 0 saturated carbocycles. The Bertz CT molecular complexity index is 335. The van der Waals surface area contributed by atoms with Gasteiger partial charge >= 0.3 is 0 Å². The van der Waals surface area contributed by atoms with Crippen LogP contribution in [0.5, 0.6) is 0 Å². The smallest absolute Gasteiger partial charge is 0.0543 e. The van der Waals surface area contributed by atoms with Gasteiger partial charge in [0.1, 0.15) is 0 Å². The van der Waals surface area contributed by atoms with Crippen molar-refractivity contribution in [1.29, 1.82) is 0 Å². The molecule has 0 aliphatic carbocycles. The molecule has 1 aromatic carbocycles. The van der Waals surface area contributed by atoms with Crippen molar-refractivity contribution in [2.24, 2.45) is 0 Å². The fourth-order valence-electron chi connectivity index (χ4n) is 1.93. The molecule has 1 heterocycles. The lowest BCUT2D eigenvalue weighted by atomic mass is 9.85. The lowest BCUT2D eigenvalue weighted by molar-refractivity contribution is 0.218. The van der Waals surface area contributed by atoms with Crippen molar-refractivity contribution in [2.45, 2.75) is 19.3 Å². The Morgan fingerprint density at radius 2 is 2.31 bits per heavy atom. The predicted octanol–water partition coefficient (Wildman–Crippen LogP) is 1.67. The molecule has 2 rings (SSSR count). The fraction of sp³-hybridized carbons (Fsp3) is 0.455. The fourth-order valence-corrected chi connectivity index (χ4v) is 1.93. The number of nitrogens with one attached hydrogen (secondary N) is 1. The number of hydrogen-bond donors (Lipinski definition) is 2. The number of rotatable bonds is 1. The van der Waals surface area contributed by atoms with Crippen molar-refractivity contribution in [2.75, 3.05) is 18.5 Å². The molecule has 1 unspecified atom stereocenters. The first-order chi connectivity index (χ1) is 6.17. The van der Waals surface area contributed by atoms with Gasteiger partial charge in [0, 0.05) is 17.6 Å². The van der Waals surface area contributed by atoms with Crippen LogP contribution in [0.1, 0.15) is 18.1 Å². The average Bonchev–Trinajstić information content (AvgIpc) is 2.47. The molecule has 2 N–H and O–H groups in total. The Morgan fingerprint density at radius 3 is 3.00 bits per heavy atom. The van der Waals surface area contributed by atoms with Crippen LogP contribution in [0.15, 0.2) is 18.2 Å². The monoisotopic (exact) mass is 177 g/mol. The number of fused-ring (bicyclic) bond motifs is 1. The van der Waals surface area contributed by atoms with Crippen LogP contribution in [0.2, 0.25) is 0 Å². The van der Waals surface area contributed by atoms with E-state index < -0.39 is 0 Å². The van der Waals surface area contributed by atoms with Gasteiger partial charge < -0.3 is 10.4 Å². The molecule has 0 bridgehead atoms. The highest BCUT2D eigenvalue weighted by molar-refractivity contribution is 5.64. The summed E-state index contributed by atoms with van der Waals surface area (Å²) in [6.45, 7) is 5.22. The van der Waals surface area contributed by atoms with Crippen molar-refractivity contribution < 1.29 is 5.11 Å². The van der Waals surface area contributed by atoms with Crippen LogP contribution in [0.25, 0.3) is 0 Å². The van der Waals surface area contributed by atoms with Crippen LogP contribution in [-0.4, -0.2) is 18.3 Å². The number of hydrogen-bond acceptors (Lipinski definition) is 2. The van der Waals surface area contributed by atoms with Crippen molar-refractivity contribution in [3.8, 4) is 0 Å². The molecular formula is C11H15NO. The van der Waals surface area contributed by atoms with Gasteiger partial charge in [-0.1, -0.05) is 25.1 Å². The highest BCUT2D eigenvalue weighted by atomic mass is 16.3. The molecule has 0 radical (unpaired) electrons. The van der Waals surface area contributed by atoms with Crippen molar-refractivity contribution in [1.82, 2.24) is 0 Å². The summed E-state index contributed by atoms with van der Waals surface area (Å²) >= 11 is 0. The second-order valence-corrected chi connectivity index (χ2v) is 4.07. The zero-order valence-corrected chi connectivity index (χ0v) is 8.09. The molecular weight excluding hydrogens is 162 g/mol. The van der Waals surface area contributed by atoms with Gasteiger partial charge in [0.05, 0.1) is 6.61 Å². The van der Waals surface area contributed by atoms with Gasteiger partial charge in [-0.2, -0.15) is 0 Å². The number of anilines is 1.